The zero-order valence-corrected chi connectivity index (χ0v) is 17.0. The third kappa shape index (κ3) is 3.07. The fourth-order valence-electron chi connectivity index (χ4n) is 3.39. The predicted molar refractivity (Wildman–Crippen MR) is 103 cm³/mol. The number of aryl methyl sites for hydroxylation is 1. The first kappa shape index (κ1) is 17.7. The van der Waals surface area contributed by atoms with Crippen LogP contribution >= 0.6 is 27.7 Å². The van der Waals surface area contributed by atoms with Crippen molar-refractivity contribution < 1.29 is 9.53 Å². The molecule has 0 saturated carbocycles. The van der Waals surface area contributed by atoms with Gasteiger partial charge in [-0.25, -0.2) is 4.68 Å². The van der Waals surface area contributed by atoms with Crippen molar-refractivity contribution in [3.05, 3.63) is 34.1 Å². The maximum absolute atomic E-state index is 13.2. The van der Waals surface area contributed by atoms with E-state index in [0.717, 1.165) is 52.7 Å². The molecule has 1 amide bonds. The fraction of sp³-hybridized carbons (Fsp3) is 0.471. The Balaban J connectivity index is 1.71. The summed E-state index contributed by atoms with van der Waals surface area (Å²) in [5.74, 6) is 1.70. The Morgan fingerprint density at radius 1 is 1.35 bits per heavy atom. The molecule has 0 aliphatic carbocycles. The van der Waals surface area contributed by atoms with Crippen molar-refractivity contribution in [2.24, 2.45) is 0 Å². The Bertz CT molecular complexity index is 837. The molecule has 2 aliphatic rings. The Morgan fingerprint density at radius 3 is 2.81 bits per heavy atom. The van der Waals surface area contributed by atoms with Crippen LogP contribution in [0.25, 0.3) is 0 Å². The van der Waals surface area contributed by atoms with Gasteiger partial charge in [-0.1, -0.05) is 17.8 Å². The van der Waals surface area contributed by atoms with Crippen LogP contribution in [0.5, 0.6) is 5.75 Å². The molecule has 0 unspecified atom stereocenters. The number of carbonyl (C=O) groups excluding carboxylic acids is 1. The van der Waals surface area contributed by atoms with Gasteiger partial charge in [0.25, 0.3) is 0 Å². The van der Waals surface area contributed by atoms with E-state index in [0.29, 0.717) is 0 Å². The minimum atomic E-state index is -0.288. The van der Waals surface area contributed by atoms with Crippen molar-refractivity contribution in [3.8, 4) is 5.75 Å². The number of nitrogens with zero attached hydrogens (tertiary/aromatic N) is 4. The standard InChI is InChI=1S/C17H20BrN5O2S/c1-10-19-20-17-23(10)21-14(11-5-6-13(25-2)12(18)9-11)15(26-17)16(24)22-7-3-4-8-22/h5-6,9,14-15,21H,3-4,7-8H2,1-2H3/t14-,15+/m1/s1. The summed E-state index contributed by atoms with van der Waals surface area (Å²) in [6, 6.07) is 5.73. The predicted octanol–water partition coefficient (Wildman–Crippen LogP) is 2.74. The van der Waals surface area contributed by atoms with Gasteiger partial charge in [-0.15, -0.1) is 10.2 Å². The Morgan fingerprint density at radius 2 is 2.12 bits per heavy atom. The minimum Gasteiger partial charge on any atom is -0.496 e. The number of nitrogens with one attached hydrogen (secondary N) is 1. The quantitative estimate of drug-likeness (QED) is 0.795. The molecule has 1 N–H and O–H groups in total. The zero-order chi connectivity index (χ0) is 18.3. The first-order chi connectivity index (χ1) is 12.6. The monoisotopic (exact) mass is 437 g/mol. The van der Waals surface area contributed by atoms with E-state index in [1.165, 1.54) is 11.8 Å². The van der Waals surface area contributed by atoms with Crippen molar-refractivity contribution in [3.63, 3.8) is 0 Å². The van der Waals surface area contributed by atoms with Crippen LogP contribution < -0.4 is 10.2 Å². The second kappa shape index (κ2) is 7.11. The molecule has 0 radical (unpaired) electrons. The molecule has 0 spiro atoms. The maximum atomic E-state index is 13.2. The molecule has 2 aliphatic heterocycles. The van der Waals surface area contributed by atoms with Crippen molar-refractivity contribution in [1.82, 2.24) is 19.8 Å². The van der Waals surface area contributed by atoms with E-state index in [1.54, 1.807) is 7.11 Å². The Hall–Kier alpha value is -1.74. The Labute approximate surface area is 164 Å². The molecule has 7 nitrogen and oxygen atoms in total. The third-order valence-corrected chi connectivity index (χ3v) is 6.62. The van der Waals surface area contributed by atoms with Gasteiger partial charge in [-0.3, -0.25) is 4.79 Å². The van der Waals surface area contributed by atoms with Gasteiger partial charge in [0.2, 0.25) is 11.1 Å². The number of fused-ring (bicyclic) bond motifs is 1. The summed E-state index contributed by atoms with van der Waals surface area (Å²) < 4.78 is 8.06. The first-order valence-electron chi connectivity index (χ1n) is 8.56. The van der Waals surface area contributed by atoms with Gasteiger partial charge < -0.3 is 15.1 Å². The number of aromatic nitrogens is 3. The second-order valence-corrected chi connectivity index (χ2v) is 8.40. The lowest BCUT2D eigenvalue weighted by molar-refractivity contribution is -0.129. The second-order valence-electron chi connectivity index (χ2n) is 6.44. The lowest BCUT2D eigenvalue weighted by Gasteiger charge is -2.34. The molecular formula is C17H20BrN5O2S. The number of halogens is 1. The molecule has 4 rings (SSSR count). The molecule has 1 aromatic heterocycles. The molecule has 26 heavy (non-hydrogen) atoms. The lowest BCUT2D eigenvalue weighted by atomic mass is 10.0. The van der Waals surface area contributed by atoms with Gasteiger partial charge in [0, 0.05) is 13.1 Å². The smallest absolute Gasteiger partial charge is 0.238 e. The average molecular weight is 438 g/mol. The molecule has 0 bridgehead atoms. The van der Waals surface area contributed by atoms with Gasteiger partial charge in [-0.2, -0.15) is 0 Å². The van der Waals surface area contributed by atoms with Crippen LogP contribution in [0, 0.1) is 6.92 Å². The average Bonchev–Trinajstić information content (AvgIpc) is 3.30. The van der Waals surface area contributed by atoms with E-state index in [9.17, 15) is 4.79 Å². The summed E-state index contributed by atoms with van der Waals surface area (Å²) in [4.78, 5) is 15.1. The fourth-order valence-corrected chi connectivity index (χ4v) is 5.16. The summed E-state index contributed by atoms with van der Waals surface area (Å²) >= 11 is 5.03. The van der Waals surface area contributed by atoms with E-state index >= 15 is 0 Å². The van der Waals surface area contributed by atoms with Gasteiger partial charge in [-0.05, 0) is 53.4 Å². The van der Waals surface area contributed by atoms with Crippen LogP contribution in [0.4, 0.5) is 0 Å². The number of carbonyl (C=O) groups is 1. The number of rotatable bonds is 3. The molecular weight excluding hydrogens is 418 g/mol. The number of ether oxygens (including phenoxy) is 1. The number of methoxy groups -OCH3 is 1. The van der Waals surface area contributed by atoms with Crippen LogP contribution in [-0.4, -0.2) is 51.1 Å². The van der Waals surface area contributed by atoms with E-state index in [4.69, 9.17) is 4.74 Å². The molecule has 1 aromatic carbocycles. The number of thioether (sulfide) groups is 1. The maximum Gasteiger partial charge on any atom is 0.238 e. The van der Waals surface area contributed by atoms with E-state index in [2.05, 4.69) is 31.6 Å². The molecule has 1 fully saturated rings. The zero-order valence-electron chi connectivity index (χ0n) is 14.6. The molecule has 2 atom stereocenters. The van der Waals surface area contributed by atoms with Crippen LogP contribution in [0.3, 0.4) is 0 Å². The largest absolute Gasteiger partial charge is 0.496 e. The van der Waals surface area contributed by atoms with Crippen molar-refractivity contribution in [2.45, 2.75) is 36.2 Å². The van der Waals surface area contributed by atoms with Crippen molar-refractivity contribution in [2.75, 3.05) is 25.6 Å². The van der Waals surface area contributed by atoms with Crippen molar-refractivity contribution >= 4 is 33.6 Å². The highest BCUT2D eigenvalue weighted by Gasteiger charge is 2.40. The third-order valence-electron chi connectivity index (χ3n) is 4.79. The summed E-state index contributed by atoms with van der Waals surface area (Å²) in [5, 5.41) is 8.78. The van der Waals surface area contributed by atoms with E-state index in [-0.39, 0.29) is 17.2 Å². The molecule has 138 valence electrons. The molecule has 1 saturated heterocycles. The first-order valence-corrected chi connectivity index (χ1v) is 10.2. The number of likely N-dealkylation sites (tertiary alicyclic amines) is 1. The minimum absolute atomic E-state index is 0.156. The van der Waals surface area contributed by atoms with Gasteiger partial charge in [0.15, 0.2) is 0 Å². The number of amides is 1. The number of hydrogen-bond donors (Lipinski definition) is 1. The van der Waals surface area contributed by atoms with Crippen LogP contribution in [-0.2, 0) is 4.79 Å². The van der Waals surface area contributed by atoms with Crippen molar-refractivity contribution in [1.29, 1.82) is 0 Å². The summed E-state index contributed by atoms with van der Waals surface area (Å²) in [6.07, 6.45) is 2.15. The lowest BCUT2D eigenvalue weighted by Crippen LogP contribution is -2.45. The Kier molecular flexibility index (Phi) is 4.83. The van der Waals surface area contributed by atoms with Crippen LogP contribution in [0.2, 0.25) is 0 Å². The highest BCUT2D eigenvalue weighted by Crippen LogP contribution is 2.40. The van der Waals surface area contributed by atoms with Crippen LogP contribution in [0.15, 0.2) is 27.8 Å². The topological polar surface area (TPSA) is 72.3 Å². The van der Waals surface area contributed by atoms with Gasteiger partial charge in [0.05, 0.1) is 17.6 Å². The van der Waals surface area contributed by atoms with Gasteiger partial charge >= 0.3 is 0 Å². The molecule has 3 heterocycles. The van der Waals surface area contributed by atoms with Crippen LogP contribution in [0.1, 0.15) is 30.3 Å². The summed E-state index contributed by atoms with van der Waals surface area (Å²) in [7, 11) is 1.64. The van der Waals surface area contributed by atoms with E-state index in [1.807, 2.05) is 34.7 Å². The molecule has 2 aromatic rings. The SMILES string of the molecule is COc1ccc([C@H]2Nn3c(C)nnc3S[C@@H]2C(=O)N2CCCC2)cc1Br. The summed E-state index contributed by atoms with van der Waals surface area (Å²) in [5.41, 5.74) is 4.46. The highest BCUT2D eigenvalue weighted by atomic mass is 79.9. The number of hydrogen-bond acceptors (Lipinski definition) is 6. The molecule has 9 heteroatoms. The van der Waals surface area contributed by atoms with Gasteiger partial charge in [0.1, 0.15) is 16.8 Å². The normalized spacial score (nSPS) is 22.0. The summed E-state index contributed by atoms with van der Waals surface area (Å²) in [6.45, 7) is 3.56. The van der Waals surface area contributed by atoms with E-state index < -0.39 is 0 Å². The number of benzene rings is 1. The highest BCUT2D eigenvalue weighted by molar-refractivity contribution is 9.10.